The van der Waals surface area contributed by atoms with Crippen molar-refractivity contribution in [3.8, 4) is 0 Å². The van der Waals surface area contributed by atoms with Crippen molar-refractivity contribution in [1.29, 1.82) is 0 Å². The highest BCUT2D eigenvalue weighted by Gasteiger charge is 2.22. The van der Waals surface area contributed by atoms with Gasteiger partial charge in [-0.3, -0.25) is 4.90 Å². The van der Waals surface area contributed by atoms with E-state index in [0.29, 0.717) is 4.83 Å². The molecule has 0 aromatic carbocycles. The molecule has 1 aliphatic rings. The number of likely N-dealkylation sites (tertiary alicyclic amines) is 1. The maximum atomic E-state index is 3.70. The molecular formula is C12H17Br2NS. The Bertz CT molecular complexity index is 330. The third kappa shape index (κ3) is 3.56. The molecule has 4 heteroatoms. The van der Waals surface area contributed by atoms with Crippen molar-refractivity contribution in [3.05, 3.63) is 20.8 Å². The largest absolute Gasteiger partial charge is 0.298 e. The number of nitrogens with zero attached hydrogens (tertiary/aromatic N) is 1. The van der Waals surface area contributed by atoms with Crippen LogP contribution < -0.4 is 0 Å². The van der Waals surface area contributed by atoms with Crippen molar-refractivity contribution in [2.45, 2.75) is 31.1 Å². The smallest absolute Gasteiger partial charge is 0.0328 e. The Morgan fingerprint density at radius 2 is 2.19 bits per heavy atom. The van der Waals surface area contributed by atoms with E-state index in [1.165, 1.54) is 35.3 Å². The Hall–Kier alpha value is 0.620. The highest BCUT2D eigenvalue weighted by Crippen LogP contribution is 2.27. The van der Waals surface area contributed by atoms with Crippen LogP contribution in [-0.4, -0.2) is 22.8 Å². The fourth-order valence-corrected chi connectivity index (χ4v) is 4.25. The lowest BCUT2D eigenvalue weighted by molar-refractivity contribution is 0.179. The van der Waals surface area contributed by atoms with Crippen molar-refractivity contribution in [2.24, 2.45) is 5.92 Å². The fraction of sp³-hybridized carbons (Fsp3) is 0.667. The second-order valence-electron chi connectivity index (χ2n) is 4.52. The van der Waals surface area contributed by atoms with Gasteiger partial charge < -0.3 is 0 Å². The highest BCUT2D eigenvalue weighted by molar-refractivity contribution is 9.10. The molecule has 90 valence electrons. The summed E-state index contributed by atoms with van der Waals surface area (Å²) in [6.07, 6.45) is 2.66. The number of thiophene rings is 1. The van der Waals surface area contributed by atoms with E-state index in [4.69, 9.17) is 0 Å². The number of hydrogen-bond acceptors (Lipinski definition) is 2. The molecule has 1 unspecified atom stereocenters. The molecule has 0 aliphatic carbocycles. The molecule has 0 spiro atoms. The van der Waals surface area contributed by atoms with Crippen molar-refractivity contribution in [1.82, 2.24) is 4.90 Å². The summed E-state index contributed by atoms with van der Waals surface area (Å²) < 4.78 is 1.22. The molecule has 1 nitrogen and oxygen atoms in total. The van der Waals surface area contributed by atoms with Gasteiger partial charge in [-0.2, -0.15) is 0 Å². The summed E-state index contributed by atoms with van der Waals surface area (Å²) in [4.78, 5) is 4.71. The van der Waals surface area contributed by atoms with Gasteiger partial charge in [0.25, 0.3) is 0 Å². The highest BCUT2D eigenvalue weighted by atomic mass is 79.9. The first kappa shape index (κ1) is 13.1. The first-order valence-electron chi connectivity index (χ1n) is 5.74. The minimum absolute atomic E-state index is 0.672. The zero-order valence-corrected chi connectivity index (χ0v) is 13.4. The summed E-state index contributed by atoms with van der Waals surface area (Å²) in [6, 6.07) is 2.24. The van der Waals surface area contributed by atoms with Gasteiger partial charge in [-0.15, -0.1) is 11.3 Å². The minimum atomic E-state index is 0.672. The number of halogens is 2. The van der Waals surface area contributed by atoms with E-state index < -0.39 is 0 Å². The van der Waals surface area contributed by atoms with Gasteiger partial charge in [-0.05, 0) is 53.8 Å². The molecule has 1 saturated heterocycles. The second kappa shape index (κ2) is 5.98. The third-order valence-electron chi connectivity index (χ3n) is 3.28. The predicted octanol–water partition coefficient (Wildman–Crippen LogP) is 4.51. The average Bonchev–Trinajstić information content (AvgIpc) is 2.65. The molecule has 1 aromatic rings. The topological polar surface area (TPSA) is 3.24 Å². The summed E-state index contributed by atoms with van der Waals surface area (Å²) in [6.45, 7) is 5.89. The molecular weight excluding hydrogens is 350 g/mol. The zero-order chi connectivity index (χ0) is 11.5. The van der Waals surface area contributed by atoms with E-state index in [1.807, 2.05) is 11.3 Å². The number of rotatable bonds is 3. The van der Waals surface area contributed by atoms with Crippen LogP contribution in [0.5, 0.6) is 0 Å². The van der Waals surface area contributed by atoms with Gasteiger partial charge in [-0.25, -0.2) is 0 Å². The minimum Gasteiger partial charge on any atom is -0.298 e. The number of alkyl halides is 1. The van der Waals surface area contributed by atoms with Crippen molar-refractivity contribution in [3.63, 3.8) is 0 Å². The normalized spacial score (nSPS) is 21.2. The Morgan fingerprint density at radius 1 is 1.50 bits per heavy atom. The van der Waals surface area contributed by atoms with Gasteiger partial charge in [-0.1, -0.05) is 22.9 Å². The third-order valence-corrected chi connectivity index (χ3v) is 5.71. The van der Waals surface area contributed by atoms with E-state index in [9.17, 15) is 0 Å². The Kier molecular flexibility index (Phi) is 4.89. The molecule has 2 heterocycles. The lowest BCUT2D eigenvalue weighted by Gasteiger charge is -2.32. The van der Waals surface area contributed by atoms with Crippen LogP contribution in [0.25, 0.3) is 0 Å². The molecule has 0 radical (unpaired) electrons. The van der Waals surface area contributed by atoms with E-state index in [1.54, 1.807) is 0 Å². The summed E-state index contributed by atoms with van der Waals surface area (Å²) in [5.74, 6) is 0.867. The van der Waals surface area contributed by atoms with Crippen LogP contribution >= 0.6 is 43.2 Å². The van der Waals surface area contributed by atoms with Gasteiger partial charge in [0, 0.05) is 26.1 Å². The van der Waals surface area contributed by atoms with Crippen LogP contribution in [0.2, 0.25) is 0 Å². The molecule has 1 aliphatic heterocycles. The summed E-state index contributed by atoms with van der Waals surface area (Å²) in [5.41, 5.74) is 0. The Balaban J connectivity index is 1.81. The SMILES string of the molecule is CC(Br)C1CCN(Cc2cc(Br)cs2)CC1. The standard InChI is InChI=1S/C12H17Br2NS/c1-9(13)10-2-4-15(5-3-10)7-12-6-11(14)8-16-12/h6,8-10H,2-5,7H2,1H3. The summed E-state index contributed by atoms with van der Waals surface area (Å²) in [5, 5.41) is 2.17. The van der Waals surface area contributed by atoms with E-state index in [2.05, 4.69) is 55.1 Å². The summed E-state index contributed by atoms with van der Waals surface area (Å²) in [7, 11) is 0. The molecule has 16 heavy (non-hydrogen) atoms. The van der Waals surface area contributed by atoms with Crippen LogP contribution in [0.4, 0.5) is 0 Å². The zero-order valence-electron chi connectivity index (χ0n) is 9.46. The Morgan fingerprint density at radius 3 is 2.69 bits per heavy atom. The van der Waals surface area contributed by atoms with Crippen molar-refractivity contribution >= 4 is 43.2 Å². The molecule has 0 bridgehead atoms. The second-order valence-corrected chi connectivity index (χ2v) is 7.88. The monoisotopic (exact) mass is 365 g/mol. The van der Waals surface area contributed by atoms with Gasteiger partial charge in [0.05, 0.1) is 0 Å². The fourth-order valence-electron chi connectivity index (χ4n) is 2.23. The van der Waals surface area contributed by atoms with Crippen LogP contribution in [0, 0.1) is 5.92 Å². The molecule has 1 fully saturated rings. The van der Waals surface area contributed by atoms with Gasteiger partial charge in [0.15, 0.2) is 0 Å². The van der Waals surface area contributed by atoms with Gasteiger partial charge >= 0.3 is 0 Å². The van der Waals surface area contributed by atoms with Crippen LogP contribution in [0.15, 0.2) is 15.9 Å². The van der Waals surface area contributed by atoms with Gasteiger partial charge in [0.2, 0.25) is 0 Å². The lowest BCUT2D eigenvalue weighted by Crippen LogP contribution is -2.35. The van der Waals surface area contributed by atoms with Crippen LogP contribution in [0.3, 0.4) is 0 Å². The molecule has 1 atom stereocenters. The maximum absolute atomic E-state index is 3.70. The quantitative estimate of drug-likeness (QED) is 0.711. The lowest BCUT2D eigenvalue weighted by atomic mass is 9.94. The maximum Gasteiger partial charge on any atom is 0.0328 e. The van der Waals surface area contributed by atoms with E-state index in [-0.39, 0.29) is 0 Å². The number of hydrogen-bond donors (Lipinski definition) is 0. The van der Waals surface area contributed by atoms with Crippen molar-refractivity contribution < 1.29 is 0 Å². The Labute approximate surface area is 118 Å². The predicted molar refractivity (Wildman–Crippen MR) is 78.4 cm³/mol. The van der Waals surface area contributed by atoms with E-state index in [0.717, 1.165) is 12.5 Å². The molecule has 0 N–H and O–H groups in total. The van der Waals surface area contributed by atoms with Crippen LogP contribution in [-0.2, 0) is 6.54 Å². The molecule has 2 rings (SSSR count). The van der Waals surface area contributed by atoms with E-state index >= 15 is 0 Å². The van der Waals surface area contributed by atoms with Crippen molar-refractivity contribution in [2.75, 3.05) is 13.1 Å². The molecule has 0 amide bonds. The first-order chi connectivity index (χ1) is 7.65. The molecule has 0 saturated carbocycles. The summed E-state index contributed by atoms with van der Waals surface area (Å²) >= 11 is 9.07. The molecule has 1 aromatic heterocycles. The van der Waals surface area contributed by atoms with Crippen LogP contribution in [0.1, 0.15) is 24.6 Å². The number of piperidine rings is 1. The van der Waals surface area contributed by atoms with Gasteiger partial charge in [0.1, 0.15) is 0 Å². The first-order valence-corrected chi connectivity index (χ1v) is 8.33. The average molecular weight is 367 g/mol.